The van der Waals surface area contributed by atoms with E-state index in [1.165, 1.54) is 11.8 Å². The highest BCUT2D eigenvalue weighted by atomic mass is 35.5. The van der Waals surface area contributed by atoms with Crippen LogP contribution < -0.4 is 5.32 Å². The van der Waals surface area contributed by atoms with Crippen LogP contribution in [0.3, 0.4) is 0 Å². The van der Waals surface area contributed by atoms with Gasteiger partial charge in [-0.3, -0.25) is 4.79 Å². The number of nitrogens with one attached hydrogen (secondary N) is 1. The Hall–Kier alpha value is -1.60. The van der Waals surface area contributed by atoms with E-state index in [-0.39, 0.29) is 11.2 Å². The van der Waals surface area contributed by atoms with Gasteiger partial charge in [0.15, 0.2) is 0 Å². The smallest absolute Gasteiger partial charge is 0.233 e. The molecular weight excluding hydrogens is 322 g/mol. The average Bonchev–Trinajstić information content (AvgIpc) is 2.92. The molecule has 1 aromatic carbocycles. The Morgan fingerprint density at radius 2 is 2.18 bits per heavy atom. The van der Waals surface area contributed by atoms with Crippen LogP contribution in [-0.2, 0) is 4.79 Å². The minimum absolute atomic E-state index is 0.0284. The molecule has 8 heteroatoms. The fraction of sp³-hybridized carbons (Fsp3) is 0.429. The molecule has 1 N–H and O–H groups in total. The van der Waals surface area contributed by atoms with Crippen LogP contribution in [0.5, 0.6) is 0 Å². The maximum atomic E-state index is 12.0. The Morgan fingerprint density at radius 1 is 1.41 bits per heavy atom. The number of tetrazole rings is 1. The van der Waals surface area contributed by atoms with Crippen LogP contribution in [0.2, 0.25) is 5.02 Å². The molecule has 1 aromatic heterocycles. The molecule has 0 saturated carbocycles. The fourth-order valence-electron chi connectivity index (χ4n) is 1.68. The van der Waals surface area contributed by atoms with Crippen LogP contribution in [0.4, 0.5) is 0 Å². The molecule has 0 bridgehead atoms. The van der Waals surface area contributed by atoms with Gasteiger partial charge in [0.1, 0.15) is 0 Å². The average molecular weight is 340 g/mol. The molecule has 0 aliphatic carbocycles. The van der Waals surface area contributed by atoms with Crippen molar-refractivity contribution in [1.82, 2.24) is 25.5 Å². The summed E-state index contributed by atoms with van der Waals surface area (Å²) < 4.78 is 1.57. The zero-order valence-electron chi connectivity index (χ0n) is 12.7. The zero-order valence-corrected chi connectivity index (χ0v) is 14.2. The summed E-state index contributed by atoms with van der Waals surface area (Å²) in [5, 5.41) is 15.4. The number of thioether (sulfide) groups is 1. The minimum atomic E-state index is -0.289. The molecule has 118 valence electrons. The quantitative estimate of drug-likeness (QED) is 0.819. The predicted molar refractivity (Wildman–Crippen MR) is 87.3 cm³/mol. The third-order valence-electron chi connectivity index (χ3n) is 2.83. The van der Waals surface area contributed by atoms with Gasteiger partial charge in [-0.05, 0) is 41.5 Å². The minimum Gasteiger partial charge on any atom is -0.355 e. The highest BCUT2D eigenvalue weighted by Gasteiger charge is 2.19. The van der Waals surface area contributed by atoms with Crippen LogP contribution in [0, 0.1) is 5.92 Å². The molecule has 0 aliphatic heterocycles. The van der Waals surface area contributed by atoms with Gasteiger partial charge in [-0.1, -0.05) is 43.3 Å². The fourth-order valence-corrected chi connectivity index (χ4v) is 2.70. The Morgan fingerprint density at radius 3 is 2.86 bits per heavy atom. The summed E-state index contributed by atoms with van der Waals surface area (Å²) >= 11 is 7.30. The zero-order chi connectivity index (χ0) is 16.1. The van der Waals surface area contributed by atoms with E-state index in [4.69, 9.17) is 11.6 Å². The van der Waals surface area contributed by atoms with Crippen LogP contribution in [-0.4, -0.2) is 37.9 Å². The summed E-state index contributed by atoms with van der Waals surface area (Å²) in [6.07, 6.45) is 0. The Kier molecular flexibility index (Phi) is 5.79. The second-order valence-electron chi connectivity index (χ2n) is 5.25. The maximum absolute atomic E-state index is 12.0. The standard InChI is InChI=1S/C14H18ClN5OS/c1-9(2)8-16-13(21)10(3)22-14-17-18-19-20(14)12-6-4-5-11(15)7-12/h4-7,9-10H,8H2,1-3H3,(H,16,21). The largest absolute Gasteiger partial charge is 0.355 e. The van der Waals surface area contributed by atoms with E-state index in [2.05, 4.69) is 34.7 Å². The molecular formula is C14H18ClN5OS. The third-order valence-corrected chi connectivity index (χ3v) is 4.10. The van der Waals surface area contributed by atoms with E-state index >= 15 is 0 Å². The monoisotopic (exact) mass is 339 g/mol. The first-order valence-corrected chi connectivity index (χ1v) is 8.22. The van der Waals surface area contributed by atoms with E-state index in [0.29, 0.717) is 22.6 Å². The van der Waals surface area contributed by atoms with Gasteiger partial charge < -0.3 is 5.32 Å². The summed E-state index contributed by atoms with van der Waals surface area (Å²) in [6.45, 7) is 6.59. The van der Waals surface area contributed by atoms with Crippen molar-refractivity contribution in [3.8, 4) is 5.69 Å². The normalized spacial score (nSPS) is 12.4. The molecule has 1 heterocycles. The first kappa shape index (κ1) is 16.8. The number of amides is 1. The van der Waals surface area contributed by atoms with Gasteiger partial charge in [0.05, 0.1) is 10.9 Å². The summed E-state index contributed by atoms with van der Waals surface area (Å²) in [7, 11) is 0. The molecule has 1 amide bonds. The molecule has 2 aromatic rings. The molecule has 1 unspecified atom stereocenters. The molecule has 0 saturated heterocycles. The van der Waals surface area contributed by atoms with Crippen LogP contribution in [0.15, 0.2) is 29.4 Å². The molecule has 0 fully saturated rings. The Labute approximate surface area is 138 Å². The number of nitrogens with zero attached hydrogens (tertiary/aromatic N) is 4. The second-order valence-corrected chi connectivity index (χ2v) is 7.00. The summed E-state index contributed by atoms with van der Waals surface area (Å²) in [6, 6.07) is 7.23. The molecule has 6 nitrogen and oxygen atoms in total. The summed E-state index contributed by atoms with van der Waals surface area (Å²) in [5.41, 5.74) is 0.759. The van der Waals surface area contributed by atoms with Crippen molar-refractivity contribution in [2.24, 2.45) is 5.92 Å². The topological polar surface area (TPSA) is 72.7 Å². The number of carbonyl (C=O) groups is 1. The lowest BCUT2D eigenvalue weighted by Crippen LogP contribution is -2.33. The Bertz CT molecular complexity index is 646. The first-order chi connectivity index (χ1) is 10.5. The van der Waals surface area contributed by atoms with Crippen LogP contribution in [0.25, 0.3) is 5.69 Å². The molecule has 0 radical (unpaired) electrons. The first-order valence-electron chi connectivity index (χ1n) is 6.96. The number of benzene rings is 1. The molecule has 0 aliphatic rings. The van der Waals surface area contributed by atoms with E-state index in [1.807, 2.05) is 19.1 Å². The van der Waals surface area contributed by atoms with Gasteiger partial charge >= 0.3 is 0 Å². The molecule has 2 rings (SSSR count). The number of hydrogen-bond donors (Lipinski definition) is 1. The number of halogens is 1. The van der Waals surface area contributed by atoms with Crippen molar-refractivity contribution in [2.45, 2.75) is 31.2 Å². The van der Waals surface area contributed by atoms with Gasteiger partial charge in [0, 0.05) is 11.6 Å². The predicted octanol–water partition coefficient (Wildman–Crippen LogP) is 2.57. The summed E-state index contributed by atoms with van der Waals surface area (Å²) in [5.74, 6) is 0.386. The van der Waals surface area contributed by atoms with Gasteiger partial charge in [-0.15, -0.1) is 5.10 Å². The number of hydrogen-bond acceptors (Lipinski definition) is 5. The highest BCUT2D eigenvalue weighted by molar-refractivity contribution is 8.00. The van der Waals surface area contributed by atoms with E-state index in [9.17, 15) is 4.79 Å². The van der Waals surface area contributed by atoms with Gasteiger partial charge in [0.2, 0.25) is 11.1 Å². The van der Waals surface area contributed by atoms with Gasteiger partial charge in [-0.25, -0.2) is 0 Å². The van der Waals surface area contributed by atoms with Crippen LogP contribution >= 0.6 is 23.4 Å². The van der Waals surface area contributed by atoms with Crippen molar-refractivity contribution in [3.63, 3.8) is 0 Å². The lowest BCUT2D eigenvalue weighted by molar-refractivity contribution is -0.120. The van der Waals surface area contributed by atoms with Crippen molar-refractivity contribution in [2.75, 3.05) is 6.54 Å². The second kappa shape index (κ2) is 7.60. The van der Waals surface area contributed by atoms with Crippen molar-refractivity contribution in [1.29, 1.82) is 0 Å². The number of aromatic nitrogens is 4. The maximum Gasteiger partial charge on any atom is 0.233 e. The molecule has 0 spiro atoms. The van der Waals surface area contributed by atoms with Gasteiger partial charge in [0.25, 0.3) is 0 Å². The number of rotatable bonds is 6. The molecule has 22 heavy (non-hydrogen) atoms. The summed E-state index contributed by atoms with van der Waals surface area (Å²) in [4.78, 5) is 12.0. The van der Waals surface area contributed by atoms with Gasteiger partial charge in [-0.2, -0.15) is 4.68 Å². The van der Waals surface area contributed by atoms with Crippen molar-refractivity contribution < 1.29 is 4.79 Å². The Balaban J connectivity index is 2.08. The lowest BCUT2D eigenvalue weighted by Gasteiger charge is -2.13. The van der Waals surface area contributed by atoms with Crippen molar-refractivity contribution >= 4 is 29.3 Å². The molecule has 1 atom stereocenters. The van der Waals surface area contributed by atoms with E-state index < -0.39 is 0 Å². The third kappa shape index (κ3) is 4.45. The van der Waals surface area contributed by atoms with E-state index in [1.54, 1.807) is 16.8 Å². The van der Waals surface area contributed by atoms with Crippen molar-refractivity contribution in [3.05, 3.63) is 29.3 Å². The number of carbonyl (C=O) groups excluding carboxylic acids is 1. The van der Waals surface area contributed by atoms with Crippen LogP contribution in [0.1, 0.15) is 20.8 Å². The van der Waals surface area contributed by atoms with E-state index in [0.717, 1.165) is 5.69 Å². The SMILES string of the molecule is CC(C)CNC(=O)C(C)Sc1nnnn1-c1cccc(Cl)c1. The lowest BCUT2D eigenvalue weighted by atomic mass is 10.2. The highest BCUT2D eigenvalue weighted by Crippen LogP contribution is 2.24.